The molecule has 2 rings (SSSR count). The highest BCUT2D eigenvalue weighted by atomic mass is 35.5. The molecule has 1 N–H and O–H groups in total. The summed E-state index contributed by atoms with van der Waals surface area (Å²) in [6, 6.07) is 9.15. The lowest BCUT2D eigenvalue weighted by Crippen LogP contribution is -2.15. The van der Waals surface area contributed by atoms with Gasteiger partial charge in [0.05, 0.1) is 16.5 Å². The van der Waals surface area contributed by atoms with Crippen molar-refractivity contribution in [3.63, 3.8) is 0 Å². The number of rotatable bonds is 3. The number of nitriles is 1. The van der Waals surface area contributed by atoms with Crippen LogP contribution in [0.5, 0.6) is 0 Å². The third-order valence-corrected chi connectivity index (χ3v) is 4.18. The highest BCUT2D eigenvalue weighted by Crippen LogP contribution is 2.19. The first-order valence-electron chi connectivity index (χ1n) is 5.45. The number of hydrogen-bond acceptors (Lipinski definition) is 5. The Morgan fingerprint density at radius 1 is 1.25 bits per heavy atom. The summed E-state index contributed by atoms with van der Waals surface area (Å²) in [7, 11) is -3.84. The van der Waals surface area contributed by atoms with Crippen LogP contribution < -0.4 is 4.72 Å². The molecule has 0 saturated heterocycles. The molecule has 2 aromatic rings. The Kier molecular flexibility index (Phi) is 3.88. The highest BCUT2D eigenvalue weighted by molar-refractivity contribution is 7.92. The van der Waals surface area contributed by atoms with Crippen LogP contribution in [0.15, 0.2) is 35.2 Å². The van der Waals surface area contributed by atoms with E-state index in [0.29, 0.717) is 5.56 Å². The Labute approximate surface area is 121 Å². The molecule has 1 aromatic carbocycles. The van der Waals surface area contributed by atoms with Crippen LogP contribution in [0.25, 0.3) is 0 Å². The Balaban J connectivity index is 2.40. The Morgan fingerprint density at radius 3 is 2.60 bits per heavy atom. The molecule has 0 aliphatic rings. The normalized spacial score (nSPS) is 10.8. The zero-order valence-corrected chi connectivity index (χ0v) is 11.9. The van der Waals surface area contributed by atoms with Gasteiger partial charge in [-0.2, -0.15) is 5.26 Å². The minimum Gasteiger partial charge on any atom is -0.262 e. The molecule has 0 atom stereocenters. The van der Waals surface area contributed by atoms with Crippen molar-refractivity contribution in [2.75, 3.05) is 4.72 Å². The quantitative estimate of drug-likeness (QED) is 0.936. The van der Waals surface area contributed by atoms with Crippen LogP contribution in [-0.2, 0) is 10.0 Å². The van der Waals surface area contributed by atoms with Crippen molar-refractivity contribution in [2.45, 2.75) is 11.8 Å². The van der Waals surface area contributed by atoms with Crippen molar-refractivity contribution in [2.24, 2.45) is 0 Å². The van der Waals surface area contributed by atoms with Crippen molar-refractivity contribution < 1.29 is 8.42 Å². The van der Waals surface area contributed by atoms with E-state index < -0.39 is 10.0 Å². The summed E-state index contributed by atoms with van der Waals surface area (Å²) in [5.74, 6) is 0.0520. The van der Waals surface area contributed by atoms with Crippen LogP contribution in [0.1, 0.15) is 11.1 Å². The molecule has 0 bridgehead atoms. The van der Waals surface area contributed by atoms with Crippen LogP contribution in [0, 0.1) is 18.3 Å². The van der Waals surface area contributed by atoms with E-state index >= 15 is 0 Å². The summed E-state index contributed by atoms with van der Waals surface area (Å²) in [5.41, 5.74) is 0.789. The molecule has 1 aromatic heterocycles. The van der Waals surface area contributed by atoms with Crippen LogP contribution >= 0.6 is 11.6 Å². The van der Waals surface area contributed by atoms with Crippen molar-refractivity contribution in [1.82, 2.24) is 10.2 Å². The first-order valence-corrected chi connectivity index (χ1v) is 7.31. The van der Waals surface area contributed by atoms with E-state index in [1.807, 2.05) is 6.07 Å². The maximum absolute atomic E-state index is 12.3. The first kappa shape index (κ1) is 14.2. The largest absolute Gasteiger partial charge is 0.263 e. The number of halogens is 1. The number of hydrogen-bond donors (Lipinski definition) is 1. The molecule has 0 aliphatic heterocycles. The van der Waals surface area contributed by atoms with Gasteiger partial charge in [-0.05, 0) is 36.8 Å². The summed E-state index contributed by atoms with van der Waals surface area (Å²) in [6.07, 6.45) is 0. The number of anilines is 1. The van der Waals surface area contributed by atoms with Crippen LogP contribution in [0.2, 0.25) is 5.15 Å². The molecule has 0 aliphatic carbocycles. The van der Waals surface area contributed by atoms with E-state index in [1.165, 1.54) is 18.2 Å². The molecule has 20 heavy (non-hydrogen) atoms. The van der Waals surface area contributed by atoms with Gasteiger partial charge >= 0.3 is 0 Å². The number of sulfonamides is 1. The molecule has 0 radical (unpaired) electrons. The zero-order valence-electron chi connectivity index (χ0n) is 10.3. The van der Waals surface area contributed by atoms with Gasteiger partial charge in [-0.1, -0.05) is 17.7 Å². The summed E-state index contributed by atoms with van der Waals surface area (Å²) in [5, 5.41) is 16.2. The fourth-order valence-electron chi connectivity index (χ4n) is 1.52. The lowest BCUT2D eigenvalue weighted by molar-refractivity contribution is 0.600. The van der Waals surface area contributed by atoms with Crippen molar-refractivity contribution in [3.05, 3.63) is 46.6 Å². The zero-order chi connectivity index (χ0) is 14.8. The average molecular weight is 309 g/mol. The molecule has 0 fully saturated rings. The van der Waals surface area contributed by atoms with Gasteiger partial charge in [-0.25, -0.2) is 8.42 Å². The predicted molar refractivity (Wildman–Crippen MR) is 73.7 cm³/mol. The van der Waals surface area contributed by atoms with E-state index in [9.17, 15) is 8.42 Å². The van der Waals surface area contributed by atoms with Gasteiger partial charge in [0.15, 0.2) is 11.0 Å². The standard InChI is InChI=1S/C12H9ClN4O2S/c1-8-2-3-9(7-14)6-10(8)20(18,19)17-12-5-4-11(13)15-16-12/h2-6H,1H3,(H,16,17). The molecule has 6 nitrogen and oxygen atoms in total. The van der Waals surface area contributed by atoms with Gasteiger partial charge in [0, 0.05) is 0 Å². The van der Waals surface area contributed by atoms with E-state index in [-0.39, 0.29) is 21.4 Å². The summed E-state index contributed by atoms with van der Waals surface area (Å²) in [6.45, 7) is 1.64. The molecular formula is C12H9ClN4O2S. The number of nitrogens with one attached hydrogen (secondary N) is 1. The van der Waals surface area contributed by atoms with Crippen LogP contribution in [0.4, 0.5) is 5.82 Å². The minimum atomic E-state index is -3.84. The molecular weight excluding hydrogens is 300 g/mol. The summed E-state index contributed by atoms with van der Waals surface area (Å²) in [4.78, 5) is 0.0216. The van der Waals surface area contributed by atoms with Gasteiger partial charge < -0.3 is 0 Å². The molecule has 1 heterocycles. The van der Waals surface area contributed by atoms with Crippen LogP contribution in [0.3, 0.4) is 0 Å². The third-order valence-electron chi connectivity index (χ3n) is 2.48. The van der Waals surface area contributed by atoms with Gasteiger partial charge in [0.25, 0.3) is 10.0 Å². The lowest BCUT2D eigenvalue weighted by atomic mass is 10.2. The van der Waals surface area contributed by atoms with E-state index in [2.05, 4.69) is 14.9 Å². The molecule has 8 heteroatoms. The Morgan fingerprint density at radius 2 is 2.00 bits per heavy atom. The number of nitrogens with zero attached hydrogens (tertiary/aromatic N) is 3. The fraction of sp³-hybridized carbons (Fsp3) is 0.0833. The lowest BCUT2D eigenvalue weighted by Gasteiger charge is -2.09. The van der Waals surface area contributed by atoms with Gasteiger partial charge in [-0.3, -0.25) is 4.72 Å². The second kappa shape index (κ2) is 5.45. The Hall–Kier alpha value is -2.17. The van der Waals surface area contributed by atoms with E-state index in [4.69, 9.17) is 16.9 Å². The SMILES string of the molecule is Cc1ccc(C#N)cc1S(=O)(=O)Nc1ccc(Cl)nn1. The van der Waals surface area contributed by atoms with Crippen molar-refractivity contribution in [1.29, 1.82) is 5.26 Å². The topological polar surface area (TPSA) is 95.7 Å². The molecule has 0 saturated carbocycles. The van der Waals surface area contributed by atoms with Gasteiger partial charge in [0.2, 0.25) is 0 Å². The predicted octanol–water partition coefficient (Wildman–Crippen LogP) is 2.11. The average Bonchev–Trinajstić information content (AvgIpc) is 2.41. The number of aryl methyl sites for hydroxylation is 1. The van der Waals surface area contributed by atoms with Gasteiger partial charge in [0.1, 0.15) is 0 Å². The summed E-state index contributed by atoms with van der Waals surface area (Å²) >= 11 is 5.58. The molecule has 0 unspecified atom stereocenters. The fourth-order valence-corrected chi connectivity index (χ4v) is 2.89. The number of benzene rings is 1. The van der Waals surface area contributed by atoms with E-state index in [1.54, 1.807) is 19.1 Å². The smallest absolute Gasteiger partial charge is 0.262 e. The van der Waals surface area contributed by atoms with E-state index in [0.717, 1.165) is 0 Å². The highest BCUT2D eigenvalue weighted by Gasteiger charge is 2.18. The van der Waals surface area contributed by atoms with Crippen molar-refractivity contribution >= 4 is 27.4 Å². The second-order valence-electron chi connectivity index (χ2n) is 3.94. The maximum Gasteiger partial charge on any atom is 0.263 e. The third kappa shape index (κ3) is 3.04. The second-order valence-corrected chi connectivity index (χ2v) is 5.98. The Bertz CT molecular complexity index is 782. The molecule has 0 amide bonds. The van der Waals surface area contributed by atoms with Crippen LogP contribution in [-0.4, -0.2) is 18.6 Å². The number of aromatic nitrogens is 2. The monoisotopic (exact) mass is 308 g/mol. The van der Waals surface area contributed by atoms with Gasteiger partial charge in [-0.15, -0.1) is 10.2 Å². The molecule has 102 valence electrons. The van der Waals surface area contributed by atoms with Crippen molar-refractivity contribution in [3.8, 4) is 6.07 Å². The first-order chi connectivity index (χ1) is 9.42. The maximum atomic E-state index is 12.3. The summed E-state index contributed by atoms with van der Waals surface area (Å²) < 4.78 is 26.8. The minimum absolute atomic E-state index is 0.0216. The molecule has 0 spiro atoms.